The van der Waals surface area contributed by atoms with Gasteiger partial charge in [0.15, 0.2) is 0 Å². The number of aliphatic hydroxyl groups is 1. The zero-order valence-corrected chi connectivity index (χ0v) is 17.0. The molecule has 9 nitrogen and oxygen atoms in total. The van der Waals surface area contributed by atoms with Gasteiger partial charge in [0.05, 0.1) is 17.5 Å². The van der Waals surface area contributed by atoms with Gasteiger partial charge in [-0.15, -0.1) is 6.58 Å². The van der Waals surface area contributed by atoms with Gasteiger partial charge in [-0.2, -0.15) is 0 Å². The highest BCUT2D eigenvalue weighted by Gasteiger charge is 2.19. The van der Waals surface area contributed by atoms with E-state index in [0.717, 1.165) is 11.1 Å². The van der Waals surface area contributed by atoms with Gasteiger partial charge in [0, 0.05) is 11.1 Å². The summed E-state index contributed by atoms with van der Waals surface area (Å²) in [4.78, 5) is 24.6. The van der Waals surface area contributed by atoms with Crippen molar-refractivity contribution < 1.29 is 5.11 Å². The van der Waals surface area contributed by atoms with Crippen molar-refractivity contribution in [1.82, 2.24) is 29.9 Å². The van der Waals surface area contributed by atoms with Crippen LogP contribution in [-0.2, 0) is 0 Å². The van der Waals surface area contributed by atoms with Crippen LogP contribution in [0, 0.1) is 0 Å². The van der Waals surface area contributed by atoms with Crippen molar-refractivity contribution in [2.24, 2.45) is 0 Å². The summed E-state index contributed by atoms with van der Waals surface area (Å²) in [5.41, 5.74) is 3.50. The third-order valence-corrected chi connectivity index (χ3v) is 4.54. The Morgan fingerprint density at radius 1 is 0.750 bits per heavy atom. The summed E-state index contributed by atoms with van der Waals surface area (Å²) in [6.45, 7) is 3.73. The molecule has 0 aliphatic heterocycles. The average Bonchev–Trinajstić information content (AvgIpc) is 2.87. The molecule has 2 heterocycles. The first kappa shape index (κ1) is 20.8. The Kier molecular flexibility index (Phi) is 6.49. The SMILES string of the molecule is C=CC(O)c1ccccc1C(Nc1ncncn1)=C(Nc1ncncn1)c1ccccc1. The summed E-state index contributed by atoms with van der Waals surface area (Å²) in [7, 11) is 0. The van der Waals surface area contributed by atoms with Crippen LogP contribution in [0.1, 0.15) is 22.8 Å². The topological polar surface area (TPSA) is 122 Å². The molecule has 4 aromatic rings. The number of aliphatic hydroxyl groups excluding tert-OH is 1. The zero-order valence-electron chi connectivity index (χ0n) is 17.0. The smallest absolute Gasteiger partial charge is 0.230 e. The second kappa shape index (κ2) is 10.0. The number of hydrogen-bond acceptors (Lipinski definition) is 9. The van der Waals surface area contributed by atoms with Crippen LogP contribution in [0.3, 0.4) is 0 Å². The summed E-state index contributed by atoms with van der Waals surface area (Å²) < 4.78 is 0. The molecule has 1 atom stereocenters. The van der Waals surface area contributed by atoms with E-state index in [0.29, 0.717) is 28.9 Å². The van der Waals surface area contributed by atoms with E-state index < -0.39 is 6.10 Å². The molecule has 0 aliphatic rings. The molecule has 9 heteroatoms. The normalized spacial score (nSPS) is 12.4. The highest BCUT2D eigenvalue weighted by molar-refractivity contribution is 5.99. The zero-order chi connectivity index (χ0) is 22.2. The molecule has 0 fully saturated rings. The Bertz CT molecular complexity index is 1200. The van der Waals surface area contributed by atoms with E-state index in [-0.39, 0.29) is 0 Å². The quantitative estimate of drug-likeness (QED) is 0.289. The lowest BCUT2D eigenvalue weighted by Crippen LogP contribution is -2.14. The van der Waals surface area contributed by atoms with Crippen LogP contribution in [0.25, 0.3) is 11.4 Å². The van der Waals surface area contributed by atoms with Crippen molar-refractivity contribution in [2.45, 2.75) is 6.10 Å². The van der Waals surface area contributed by atoms with Gasteiger partial charge in [-0.25, -0.2) is 29.9 Å². The first-order valence-electron chi connectivity index (χ1n) is 9.74. The Hall–Kier alpha value is -4.50. The number of benzene rings is 2. The Labute approximate surface area is 184 Å². The number of aromatic nitrogens is 6. The predicted molar refractivity (Wildman–Crippen MR) is 122 cm³/mol. The van der Waals surface area contributed by atoms with Gasteiger partial charge in [0.25, 0.3) is 0 Å². The second-order valence-electron chi connectivity index (χ2n) is 6.56. The number of nitrogens with one attached hydrogen (secondary N) is 2. The maximum Gasteiger partial charge on any atom is 0.230 e. The standard InChI is InChI=1S/C23H20N8O/c1-2-19(32)17-10-6-7-11-18(17)21(31-23-28-14-25-15-29-23)20(16-8-4-3-5-9-16)30-22-26-12-24-13-27-22/h2-15,19,32H,1H2,(H,24,26,27,30)(H,25,28,29,31). The van der Waals surface area contributed by atoms with Gasteiger partial charge >= 0.3 is 0 Å². The van der Waals surface area contributed by atoms with Crippen molar-refractivity contribution in [3.8, 4) is 0 Å². The van der Waals surface area contributed by atoms with Crippen LogP contribution in [0.2, 0.25) is 0 Å². The highest BCUT2D eigenvalue weighted by atomic mass is 16.3. The van der Waals surface area contributed by atoms with E-state index in [1.807, 2.05) is 54.6 Å². The van der Waals surface area contributed by atoms with Gasteiger partial charge in [-0.3, -0.25) is 0 Å². The van der Waals surface area contributed by atoms with Crippen LogP contribution in [0.5, 0.6) is 0 Å². The number of hydrogen-bond donors (Lipinski definition) is 3. The summed E-state index contributed by atoms with van der Waals surface area (Å²) in [5.74, 6) is 0.694. The number of rotatable bonds is 8. The van der Waals surface area contributed by atoms with Gasteiger partial charge < -0.3 is 15.7 Å². The molecule has 0 saturated heterocycles. The lowest BCUT2D eigenvalue weighted by molar-refractivity contribution is 0.229. The molecular formula is C23H20N8O. The molecule has 0 amide bonds. The monoisotopic (exact) mass is 424 g/mol. The van der Waals surface area contributed by atoms with E-state index in [1.54, 1.807) is 0 Å². The van der Waals surface area contributed by atoms with Crippen LogP contribution in [-0.4, -0.2) is 35.0 Å². The molecule has 2 aromatic heterocycles. The summed E-state index contributed by atoms with van der Waals surface area (Å²) in [6, 6.07) is 17.1. The van der Waals surface area contributed by atoms with E-state index in [1.165, 1.54) is 31.4 Å². The maximum atomic E-state index is 10.6. The Morgan fingerprint density at radius 3 is 1.88 bits per heavy atom. The first-order chi connectivity index (χ1) is 15.8. The first-order valence-corrected chi connectivity index (χ1v) is 9.74. The average molecular weight is 424 g/mol. The van der Waals surface area contributed by atoms with E-state index in [4.69, 9.17) is 0 Å². The number of anilines is 2. The minimum Gasteiger partial charge on any atom is -0.384 e. The Balaban J connectivity index is 1.97. The molecule has 0 aliphatic carbocycles. The third kappa shape index (κ3) is 4.79. The minimum absolute atomic E-state index is 0.337. The third-order valence-electron chi connectivity index (χ3n) is 4.54. The van der Waals surface area contributed by atoms with Crippen molar-refractivity contribution in [3.05, 3.63) is 109 Å². The Morgan fingerprint density at radius 2 is 1.28 bits per heavy atom. The second-order valence-corrected chi connectivity index (χ2v) is 6.56. The number of nitrogens with zero attached hydrogens (tertiary/aromatic N) is 6. The molecule has 158 valence electrons. The summed E-state index contributed by atoms with van der Waals surface area (Å²) >= 11 is 0. The van der Waals surface area contributed by atoms with E-state index in [9.17, 15) is 5.11 Å². The van der Waals surface area contributed by atoms with Gasteiger partial charge in [-0.05, 0) is 5.56 Å². The lowest BCUT2D eigenvalue weighted by atomic mass is 9.96. The fourth-order valence-electron chi connectivity index (χ4n) is 3.09. The molecule has 1 unspecified atom stereocenters. The molecule has 32 heavy (non-hydrogen) atoms. The molecule has 0 bridgehead atoms. The van der Waals surface area contributed by atoms with Crippen LogP contribution in [0.4, 0.5) is 11.9 Å². The van der Waals surface area contributed by atoms with Crippen LogP contribution >= 0.6 is 0 Å². The van der Waals surface area contributed by atoms with E-state index in [2.05, 4.69) is 47.1 Å². The van der Waals surface area contributed by atoms with Crippen molar-refractivity contribution >= 4 is 23.3 Å². The van der Waals surface area contributed by atoms with Crippen LogP contribution < -0.4 is 10.6 Å². The van der Waals surface area contributed by atoms with Crippen molar-refractivity contribution in [1.29, 1.82) is 0 Å². The van der Waals surface area contributed by atoms with Crippen molar-refractivity contribution in [2.75, 3.05) is 10.6 Å². The molecule has 2 aromatic carbocycles. The minimum atomic E-state index is -0.879. The van der Waals surface area contributed by atoms with Crippen molar-refractivity contribution in [3.63, 3.8) is 0 Å². The molecule has 4 rings (SSSR count). The molecular weight excluding hydrogens is 404 g/mol. The predicted octanol–water partition coefficient (Wildman–Crippen LogP) is 3.33. The largest absolute Gasteiger partial charge is 0.384 e. The van der Waals surface area contributed by atoms with E-state index >= 15 is 0 Å². The maximum absolute atomic E-state index is 10.6. The van der Waals surface area contributed by atoms with Gasteiger partial charge in [0.1, 0.15) is 25.3 Å². The van der Waals surface area contributed by atoms with Gasteiger partial charge in [0.2, 0.25) is 11.9 Å². The highest BCUT2D eigenvalue weighted by Crippen LogP contribution is 2.32. The molecule has 3 N–H and O–H groups in total. The summed E-state index contributed by atoms with van der Waals surface area (Å²) in [6.07, 6.45) is 6.22. The summed E-state index contributed by atoms with van der Waals surface area (Å²) in [5, 5.41) is 17.2. The fraction of sp³-hybridized carbons (Fsp3) is 0.0435. The fourth-order valence-corrected chi connectivity index (χ4v) is 3.09. The lowest BCUT2D eigenvalue weighted by Gasteiger charge is -2.21. The molecule has 0 spiro atoms. The van der Waals surface area contributed by atoms with Crippen LogP contribution in [0.15, 0.2) is 92.6 Å². The molecule has 0 saturated carbocycles. The van der Waals surface area contributed by atoms with Gasteiger partial charge in [-0.1, -0.05) is 60.7 Å². The molecule has 0 radical (unpaired) electrons.